The van der Waals surface area contributed by atoms with E-state index in [4.69, 9.17) is 44.1 Å². The fourth-order valence-electron chi connectivity index (χ4n) is 2.81. The molecule has 0 saturated carbocycles. The van der Waals surface area contributed by atoms with Crippen LogP contribution in [-0.4, -0.2) is 35.5 Å². The van der Waals surface area contributed by atoms with Gasteiger partial charge >= 0.3 is 0 Å². The van der Waals surface area contributed by atoms with Crippen LogP contribution in [-0.2, 0) is 14.9 Å². The van der Waals surface area contributed by atoms with Crippen molar-refractivity contribution in [1.29, 1.82) is 0 Å². The summed E-state index contributed by atoms with van der Waals surface area (Å²) in [6, 6.07) is 10.6. The standard InChI is InChI=1S/C22H27Cl3N4O4SSi/c1-22(2,3)35(4,5)33-20-17(27-13-26-16-8-6-7-14(23)19(16)25)10-9-15(24)21(20)34(30,31)29-18-11-12-32-28-18/h6-10,18,28-29H,11-12H2,1-5H3. The molecular weight excluding hydrogens is 551 g/mol. The first kappa shape index (κ1) is 28.1. The largest absolute Gasteiger partial charge is 0.541 e. The number of benzene rings is 2. The van der Waals surface area contributed by atoms with Crippen molar-refractivity contribution in [1.82, 2.24) is 10.2 Å². The van der Waals surface area contributed by atoms with Crippen molar-refractivity contribution < 1.29 is 17.7 Å². The Morgan fingerprint density at radius 3 is 2.43 bits per heavy atom. The molecule has 0 aromatic heterocycles. The first-order chi connectivity index (χ1) is 16.2. The Morgan fingerprint density at radius 1 is 1.11 bits per heavy atom. The minimum Gasteiger partial charge on any atom is -0.541 e. The second kappa shape index (κ2) is 10.9. The van der Waals surface area contributed by atoms with Gasteiger partial charge in [-0.3, -0.25) is 0 Å². The van der Waals surface area contributed by atoms with Gasteiger partial charge in [-0.2, -0.15) is 20.2 Å². The van der Waals surface area contributed by atoms with Crippen molar-refractivity contribution in [3.63, 3.8) is 0 Å². The van der Waals surface area contributed by atoms with Gasteiger partial charge in [-0.1, -0.05) is 61.6 Å². The average Bonchev–Trinajstić information content (AvgIpc) is 3.23. The van der Waals surface area contributed by atoms with Crippen LogP contribution in [0.1, 0.15) is 27.2 Å². The van der Waals surface area contributed by atoms with E-state index in [0.29, 0.717) is 23.7 Å². The summed E-state index contributed by atoms with van der Waals surface area (Å²) in [5.41, 5.74) is 3.20. The minimum absolute atomic E-state index is 0.00102. The third-order valence-corrected chi connectivity index (χ3v) is 12.9. The van der Waals surface area contributed by atoms with Crippen LogP contribution in [0, 0.1) is 0 Å². The SMILES string of the molecule is CC(C)(C)[Si](C)(C)Oc1c(N=C=Nc2cccc(Cl)c2Cl)ccc(Cl)c1S(=O)(=O)NC1CCON1. The number of hydrogen-bond acceptors (Lipinski definition) is 7. The number of rotatable bonds is 7. The molecule has 0 radical (unpaired) electrons. The van der Waals surface area contributed by atoms with E-state index < -0.39 is 24.5 Å². The maximum absolute atomic E-state index is 13.4. The van der Waals surface area contributed by atoms with Gasteiger partial charge in [-0.15, -0.1) is 0 Å². The Balaban J connectivity index is 2.15. The summed E-state index contributed by atoms with van der Waals surface area (Å²) in [7, 11) is -6.64. The predicted octanol–water partition coefficient (Wildman–Crippen LogP) is 6.70. The number of sulfonamides is 1. The summed E-state index contributed by atoms with van der Waals surface area (Å²) in [6.45, 7) is 10.5. The van der Waals surface area contributed by atoms with E-state index in [1.807, 2.05) is 33.9 Å². The van der Waals surface area contributed by atoms with Crippen LogP contribution in [0.25, 0.3) is 0 Å². The number of hydroxylamine groups is 1. The second-order valence-electron chi connectivity index (χ2n) is 9.41. The maximum Gasteiger partial charge on any atom is 0.250 e. The van der Waals surface area contributed by atoms with Crippen molar-refractivity contribution in [3.05, 3.63) is 45.4 Å². The Labute approximate surface area is 221 Å². The zero-order valence-electron chi connectivity index (χ0n) is 19.9. The highest BCUT2D eigenvalue weighted by Gasteiger charge is 2.41. The Kier molecular flexibility index (Phi) is 8.74. The molecule has 0 spiro atoms. The Bertz CT molecular complexity index is 1270. The van der Waals surface area contributed by atoms with E-state index in [-0.39, 0.29) is 31.4 Å². The number of nitrogens with one attached hydrogen (secondary N) is 2. The number of aliphatic imine (C=N–C) groups is 2. The summed E-state index contributed by atoms with van der Waals surface area (Å²) >= 11 is 18.7. The van der Waals surface area contributed by atoms with E-state index in [9.17, 15) is 8.42 Å². The summed E-state index contributed by atoms with van der Waals surface area (Å²) < 4.78 is 35.9. The highest BCUT2D eigenvalue weighted by molar-refractivity contribution is 7.89. The van der Waals surface area contributed by atoms with Gasteiger partial charge in [0.05, 0.1) is 33.5 Å². The minimum atomic E-state index is -4.12. The summed E-state index contributed by atoms with van der Waals surface area (Å²) in [4.78, 5) is 13.3. The molecule has 0 bridgehead atoms. The Morgan fingerprint density at radius 2 is 1.80 bits per heavy atom. The van der Waals surface area contributed by atoms with Crippen LogP contribution in [0.5, 0.6) is 5.75 Å². The smallest absolute Gasteiger partial charge is 0.250 e. The van der Waals surface area contributed by atoms with E-state index in [2.05, 4.69) is 26.2 Å². The molecule has 1 heterocycles. The summed E-state index contributed by atoms with van der Waals surface area (Å²) in [5.74, 6) is 0.0374. The molecule has 8 nitrogen and oxygen atoms in total. The quantitative estimate of drug-likeness (QED) is 0.282. The molecule has 0 aliphatic carbocycles. The maximum atomic E-state index is 13.4. The summed E-state index contributed by atoms with van der Waals surface area (Å²) in [5, 5.41) is 0.365. The first-order valence-electron chi connectivity index (χ1n) is 10.7. The van der Waals surface area contributed by atoms with Crippen molar-refractivity contribution in [2.45, 2.75) is 56.4 Å². The highest BCUT2D eigenvalue weighted by Crippen LogP contribution is 2.45. The van der Waals surface area contributed by atoms with Gasteiger partial charge < -0.3 is 9.26 Å². The fraction of sp³-hybridized carbons (Fsp3) is 0.409. The number of nitrogens with zero attached hydrogens (tertiary/aromatic N) is 2. The van der Waals surface area contributed by atoms with Gasteiger partial charge in [0.1, 0.15) is 16.6 Å². The van der Waals surface area contributed by atoms with Crippen LogP contribution < -0.4 is 14.6 Å². The van der Waals surface area contributed by atoms with Crippen LogP contribution in [0.15, 0.2) is 45.2 Å². The van der Waals surface area contributed by atoms with E-state index in [1.54, 1.807) is 24.3 Å². The normalized spacial score (nSPS) is 16.6. The van der Waals surface area contributed by atoms with Crippen molar-refractivity contribution in [2.75, 3.05) is 6.61 Å². The molecule has 1 unspecified atom stereocenters. The monoisotopic (exact) mass is 576 g/mol. The molecule has 35 heavy (non-hydrogen) atoms. The molecule has 1 aliphatic rings. The lowest BCUT2D eigenvalue weighted by atomic mass is 10.2. The zero-order chi connectivity index (χ0) is 26.0. The molecule has 1 atom stereocenters. The molecular formula is C22H27Cl3N4O4SSi. The van der Waals surface area contributed by atoms with E-state index >= 15 is 0 Å². The van der Waals surface area contributed by atoms with Crippen LogP contribution >= 0.6 is 34.8 Å². The average molecular weight is 578 g/mol. The van der Waals surface area contributed by atoms with Crippen LogP contribution in [0.4, 0.5) is 11.4 Å². The van der Waals surface area contributed by atoms with Gasteiger partial charge in [-0.25, -0.2) is 8.42 Å². The Hall–Kier alpha value is -1.46. The molecule has 2 aromatic carbocycles. The van der Waals surface area contributed by atoms with Crippen molar-refractivity contribution in [3.8, 4) is 5.75 Å². The zero-order valence-corrected chi connectivity index (χ0v) is 24.0. The van der Waals surface area contributed by atoms with Gasteiger partial charge in [-0.05, 0) is 42.4 Å². The van der Waals surface area contributed by atoms with E-state index in [0.717, 1.165) is 0 Å². The second-order valence-corrected chi connectivity index (χ2v) is 17.0. The van der Waals surface area contributed by atoms with Gasteiger partial charge in [0.2, 0.25) is 10.0 Å². The molecule has 2 aromatic rings. The van der Waals surface area contributed by atoms with Crippen molar-refractivity contribution in [2.24, 2.45) is 9.98 Å². The van der Waals surface area contributed by atoms with Gasteiger partial charge in [0.15, 0.2) is 5.75 Å². The van der Waals surface area contributed by atoms with Crippen LogP contribution in [0.3, 0.4) is 0 Å². The molecule has 190 valence electrons. The molecule has 13 heteroatoms. The number of halogens is 3. The molecule has 0 amide bonds. The topological polar surface area (TPSA) is 101 Å². The summed E-state index contributed by atoms with van der Waals surface area (Å²) in [6.07, 6.45) is -0.143. The molecule has 3 rings (SSSR count). The molecule has 1 fully saturated rings. The number of hydrogen-bond donors (Lipinski definition) is 2. The van der Waals surface area contributed by atoms with Crippen molar-refractivity contribution >= 4 is 70.5 Å². The molecule has 1 aliphatic heterocycles. The third-order valence-electron chi connectivity index (χ3n) is 5.78. The van der Waals surface area contributed by atoms with Crippen LogP contribution in [0.2, 0.25) is 33.2 Å². The fourth-order valence-corrected chi connectivity index (χ4v) is 6.07. The predicted molar refractivity (Wildman–Crippen MR) is 143 cm³/mol. The van der Waals surface area contributed by atoms with Gasteiger partial charge in [0.25, 0.3) is 8.32 Å². The lowest BCUT2D eigenvalue weighted by molar-refractivity contribution is 0.0866. The molecule has 2 N–H and O–H groups in total. The third kappa shape index (κ3) is 6.65. The lowest BCUT2D eigenvalue weighted by Crippen LogP contribution is -2.45. The first-order valence-corrected chi connectivity index (χ1v) is 16.3. The van der Waals surface area contributed by atoms with E-state index in [1.165, 1.54) is 6.07 Å². The molecule has 1 saturated heterocycles. The van der Waals surface area contributed by atoms with Gasteiger partial charge in [0, 0.05) is 6.42 Å². The highest BCUT2D eigenvalue weighted by atomic mass is 35.5. The lowest BCUT2D eigenvalue weighted by Gasteiger charge is -2.37.